The Morgan fingerprint density at radius 3 is 2.00 bits per heavy atom. The van der Waals surface area contributed by atoms with E-state index in [1.54, 1.807) is 13.8 Å². The molecule has 1 aromatic rings. The highest BCUT2D eigenvalue weighted by Crippen LogP contribution is 2.38. The fourth-order valence-electron chi connectivity index (χ4n) is 2.43. The number of ether oxygens (including phenoxy) is 1. The number of hydrogen-bond acceptors (Lipinski definition) is 4. The number of aromatic amines is 1. The van der Waals surface area contributed by atoms with Crippen molar-refractivity contribution in [1.29, 1.82) is 0 Å². The lowest BCUT2D eigenvalue weighted by Crippen LogP contribution is -2.53. The van der Waals surface area contributed by atoms with Gasteiger partial charge in [0.2, 0.25) is 0 Å². The molecule has 1 N–H and O–H groups in total. The summed E-state index contributed by atoms with van der Waals surface area (Å²) in [4.78, 5) is 33.6. The first-order valence-electron chi connectivity index (χ1n) is 6.04. The Kier molecular flexibility index (Phi) is 3.95. The summed E-state index contributed by atoms with van der Waals surface area (Å²) in [6, 6.07) is 0. The standard InChI is InChI=1S/C11H14Cl2N4O3/c1-4-16-8(18)9(19)17(5-2)11(16,20-3)10-14-6(12)7(13)15-10/h4-5H2,1-3H3,(H,14,15). The van der Waals surface area contributed by atoms with Crippen molar-refractivity contribution >= 4 is 35.0 Å². The molecule has 1 aliphatic rings. The quantitative estimate of drug-likeness (QED) is 0.845. The first kappa shape index (κ1) is 15.1. The highest BCUT2D eigenvalue weighted by Gasteiger charge is 2.59. The Hall–Kier alpha value is -1.31. The minimum absolute atomic E-state index is 0.0528. The number of carbonyl (C=O) groups is 2. The zero-order chi connectivity index (χ0) is 15.1. The molecule has 110 valence electrons. The molecule has 2 rings (SSSR count). The number of hydrogen-bond donors (Lipinski definition) is 1. The second-order valence-electron chi connectivity index (χ2n) is 4.10. The van der Waals surface area contributed by atoms with E-state index >= 15 is 0 Å². The lowest BCUT2D eigenvalue weighted by atomic mass is 10.3. The van der Waals surface area contributed by atoms with Crippen molar-refractivity contribution in [2.75, 3.05) is 20.2 Å². The van der Waals surface area contributed by atoms with E-state index in [0.29, 0.717) is 0 Å². The lowest BCUT2D eigenvalue weighted by molar-refractivity contribution is -0.209. The van der Waals surface area contributed by atoms with Crippen LogP contribution in [0, 0.1) is 0 Å². The number of H-pyrrole nitrogens is 1. The molecule has 7 nitrogen and oxygen atoms in total. The molecule has 0 spiro atoms. The van der Waals surface area contributed by atoms with Gasteiger partial charge in [0.25, 0.3) is 5.85 Å². The van der Waals surface area contributed by atoms with Crippen LogP contribution in [-0.2, 0) is 20.2 Å². The van der Waals surface area contributed by atoms with Crippen molar-refractivity contribution < 1.29 is 14.3 Å². The Bertz CT molecular complexity index is 518. The topological polar surface area (TPSA) is 78.5 Å². The van der Waals surface area contributed by atoms with Crippen LogP contribution in [0.15, 0.2) is 0 Å². The molecule has 1 aliphatic heterocycles. The fourth-order valence-corrected chi connectivity index (χ4v) is 2.69. The number of nitrogens with zero attached hydrogens (tertiary/aromatic N) is 3. The van der Waals surface area contributed by atoms with E-state index in [2.05, 4.69) is 9.97 Å². The van der Waals surface area contributed by atoms with Gasteiger partial charge in [-0.05, 0) is 13.8 Å². The van der Waals surface area contributed by atoms with Crippen LogP contribution in [0.4, 0.5) is 0 Å². The highest BCUT2D eigenvalue weighted by molar-refractivity contribution is 6.40. The van der Waals surface area contributed by atoms with Crippen LogP contribution >= 0.6 is 23.2 Å². The van der Waals surface area contributed by atoms with E-state index in [-0.39, 0.29) is 29.2 Å². The van der Waals surface area contributed by atoms with E-state index in [0.717, 1.165) is 0 Å². The zero-order valence-corrected chi connectivity index (χ0v) is 12.7. The van der Waals surface area contributed by atoms with Gasteiger partial charge in [0.05, 0.1) is 0 Å². The summed E-state index contributed by atoms with van der Waals surface area (Å²) in [5.41, 5.74) is 0. The summed E-state index contributed by atoms with van der Waals surface area (Å²) < 4.78 is 5.50. The minimum Gasteiger partial charge on any atom is -0.335 e. The normalized spacial score (nSPS) is 18.2. The van der Waals surface area contributed by atoms with Gasteiger partial charge >= 0.3 is 11.8 Å². The maximum Gasteiger partial charge on any atom is 0.316 e. The predicted molar refractivity (Wildman–Crippen MR) is 72.1 cm³/mol. The van der Waals surface area contributed by atoms with Crippen LogP contribution in [0.1, 0.15) is 19.7 Å². The minimum atomic E-state index is -1.45. The molecule has 9 heteroatoms. The highest BCUT2D eigenvalue weighted by atomic mass is 35.5. The van der Waals surface area contributed by atoms with E-state index in [1.807, 2.05) is 0 Å². The van der Waals surface area contributed by atoms with Crippen LogP contribution in [-0.4, -0.2) is 51.8 Å². The number of aromatic nitrogens is 2. The van der Waals surface area contributed by atoms with Crippen molar-refractivity contribution in [3.8, 4) is 0 Å². The first-order chi connectivity index (χ1) is 9.43. The summed E-state index contributed by atoms with van der Waals surface area (Å²) >= 11 is 11.7. The van der Waals surface area contributed by atoms with Gasteiger partial charge in [-0.15, -0.1) is 0 Å². The maximum absolute atomic E-state index is 12.1. The zero-order valence-electron chi connectivity index (χ0n) is 11.2. The Labute approximate surface area is 125 Å². The second-order valence-corrected chi connectivity index (χ2v) is 4.84. The molecule has 0 aliphatic carbocycles. The number of imidazole rings is 1. The molecule has 0 aromatic carbocycles. The number of likely N-dealkylation sites (N-methyl/N-ethyl adjacent to an activating group) is 2. The van der Waals surface area contributed by atoms with Crippen molar-refractivity contribution in [2.24, 2.45) is 0 Å². The van der Waals surface area contributed by atoms with Crippen molar-refractivity contribution in [2.45, 2.75) is 19.7 Å². The monoisotopic (exact) mass is 320 g/mol. The van der Waals surface area contributed by atoms with Crippen molar-refractivity contribution in [3.05, 3.63) is 16.1 Å². The molecule has 20 heavy (non-hydrogen) atoms. The number of amides is 2. The van der Waals surface area contributed by atoms with E-state index in [1.165, 1.54) is 16.9 Å². The van der Waals surface area contributed by atoms with Gasteiger partial charge in [0.15, 0.2) is 11.0 Å². The molecule has 0 unspecified atom stereocenters. The second kappa shape index (κ2) is 5.23. The number of halogens is 2. The number of nitrogens with one attached hydrogen (secondary N) is 1. The molecule has 0 radical (unpaired) electrons. The van der Waals surface area contributed by atoms with Gasteiger partial charge in [-0.2, -0.15) is 0 Å². The smallest absolute Gasteiger partial charge is 0.316 e. The maximum atomic E-state index is 12.1. The average Bonchev–Trinajstić information content (AvgIpc) is 2.87. The van der Waals surface area contributed by atoms with Gasteiger partial charge in [0, 0.05) is 20.2 Å². The molecule has 0 saturated carbocycles. The summed E-state index contributed by atoms with van der Waals surface area (Å²) in [5, 5.41) is 0.175. The number of carbonyl (C=O) groups excluding carboxylic acids is 2. The molecule has 2 heterocycles. The molecular weight excluding hydrogens is 307 g/mol. The van der Waals surface area contributed by atoms with E-state index in [9.17, 15) is 9.59 Å². The fraction of sp³-hybridized carbons (Fsp3) is 0.545. The molecule has 1 fully saturated rings. The molecular formula is C11H14Cl2N4O3. The van der Waals surface area contributed by atoms with Gasteiger partial charge in [0.1, 0.15) is 5.15 Å². The molecule has 1 saturated heterocycles. The number of rotatable bonds is 4. The Morgan fingerprint density at radius 2 is 1.70 bits per heavy atom. The van der Waals surface area contributed by atoms with Crippen LogP contribution in [0.3, 0.4) is 0 Å². The van der Waals surface area contributed by atoms with Gasteiger partial charge < -0.3 is 9.72 Å². The largest absolute Gasteiger partial charge is 0.335 e. The Balaban J connectivity index is 2.66. The van der Waals surface area contributed by atoms with Crippen LogP contribution < -0.4 is 0 Å². The molecule has 0 atom stereocenters. The molecule has 1 aromatic heterocycles. The van der Waals surface area contributed by atoms with Gasteiger partial charge in [-0.1, -0.05) is 23.2 Å². The number of methoxy groups -OCH3 is 1. The predicted octanol–water partition coefficient (Wildman–Crippen LogP) is 1.18. The van der Waals surface area contributed by atoms with Crippen LogP contribution in [0.5, 0.6) is 0 Å². The summed E-state index contributed by atoms with van der Waals surface area (Å²) in [6.45, 7) is 4.02. The summed E-state index contributed by atoms with van der Waals surface area (Å²) in [7, 11) is 1.39. The average molecular weight is 321 g/mol. The molecule has 2 amide bonds. The van der Waals surface area contributed by atoms with Crippen molar-refractivity contribution in [3.63, 3.8) is 0 Å². The SMILES string of the molecule is CCN1C(=O)C(=O)N(CC)C1(OC)c1nc(Cl)c(Cl)[nH]1. The summed E-state index contributed by atoms with van der Waals surface area (Å²) in [6.07, 6.45) is 0. The van der Waals surface area contributed by atoms with Crippen molar-refractivity contribution in [1.82, 2.24) is 19.8 Å². The van der Waals surface area contributed by atoms with Gasteiger partial charge in [-0.3, -0.25) is 19.4 Å². The first-order valence-corrected chi connectivity index (χ1v) is 6.79. The lowest BCUT2D eigenvalue weighted by Gasteiger charge is -2.38. The van der Waals surface area contributed by atoms with Gasteiger partial charge in [-0.25, -0.2) is 4.98 Å². The van der Waals surface area contributed by atoms with Crippen LogP contribution in [0.2, 0.25) is 10.3 Å². The molecule has 0 bridgehead atoms. The Morgan fingerprint density at radius 1 is 1.20 bits per heavy atom. The van der Waals surface area contributed by atoms with E-state index < -0.39 is 17.7 Å². The third-order valence-electron chi connectivity index (χ3n) is 3.25. The third kappa shape index (κ3) is 1.81. The third-order valence-corrected chi connectivity index (χ3v) is 3.89. The van der Waals surface area contributed by atoms with Crippen LogP contribution in [0.25, 0.3) is 0 Å². The summed E-state index contributed by atoms with van der Waals surface area (Å²) in [5.74, 6) is -2.56. The van der Waals surface area contributed by atoms with E-state index in [4.69, 9.17) is 27.9 Å².